The molecule has 0 atom stereocenters. The summed E-state index contributed by atoms with van der Waals surface area (Å²) in [6.45, 7) is 2.63. The fourth-order valence-electron chi connectivity index (χ4n) is 2.16. The third-order valence-corrected chi connectivity index (χ3v) is 3.61. The lowest BCUT2D eigenvalue weighted by atomic mass is 10.2. The van der Waals surface area contributed by atoms with Gasteiger partial charge < -0.3 is 10.2 Å². The van der Waals surface area contributed by atoms with E-state index in [1.807, 2.05) is 6.92 Å². The third-order valence-electron chi connectivity index (χ3n) is 3.61. The van der Waals surface area contributed by atoms with Gasteiger partial charge in [0, 0.05) is 37.1 Å². The van der Waals surface area contributed by atoms with Gasteiger partial charge in [-0.25, -0.2) is 8.78 Å². The maximum absolute atomic E-state index is 13.2. The summed E-state index contributed by atoms with van der Waals surface area (Å²) in [6, 6.07) is 5.88. The van der Waals surface area contributed by atoms with Crippen molar-refractivity contribution >= 4 is 17.5 Å². The molecule has 1 aromatic carbocycles. The minimum Gasteiger partial charge on any atom is -0.340 e. The molecule has 1 heterocycles. The second-order valence-electron chi connectivity index (χ2n) is 5.59. The van der Waals surface area contributed by atoms with Gasteiger partial charge in [0.15, 0.2) is 11.6 Å². The molecular weight excluding hydrogens is 328 g/mol. The van der Waals surface area contributed by atoms with E-state index in [1.165, 1.54) is 24.4 Å². The van der Waals surface area contributed by atoms with E-state index in [1.54, 1.807) is 11.9 Å². The Bertz CT molecular complexity index is 781. The largest absolute Gasteiger partial charge is 0.340 e. The number of benzene rings is 1. The van der Waals surface area contributed by atoms with Gasteiger partial charge >= 0.3 is 0 Å². The van der Waals surface area contributed by atoms with E-state index < -0.39 is 17.5 Å². The fraction of sp³-hybridized carbons (Fsp3) is 0.278. The van der Waals surface area contributed by atoms with Crippen molar-refractivity contribution in [3.8, 4) is 0 Å². The normalized spacial score (nSPS) is 10.4. The van der Waals surface area contributed by atoms with Crippen molar-refractivity contribution in [3.05, 3.63) is 59.4 Å². The van der Waals surface area contributed by atoms with Crippen LogP contribution in [0.2, 0.25) is 0 Å². The summed E-state index contributed by atoms with van der Waals surface area (Å²) < 4.78 is 26.1. The first-order valence-electron chi connectivity index (χ1n) is 7.90. The number of carbonyl (C=O) groups excluding carboxylic acids is 2. The summed E-state index contributed by atoms with van der Waals surface area (Å²) in [7, 11) is 1.67. The molecule has 0 fully saturated rings. The highest BCUT2D eigenvalue weighted by atomic mass is 19.2. The summed E-state index contributed by atoms with van der Waals surface area (Å²) in [6.07, 6.45) is 3.20. The van der Waals surface area contributed by atoms with Crippen molar-refractivity contribution in [2.24, 2.45) is 0 Å². The van der Waals surface area contributed by atoms with Gasteiger partial charge in [-0.05, 0) is 30.7 Å². The van der Waals surface area contributed by atoms with Crippen molar-refractivity contribution in [1.29, 1.82) is 0 Å². The number of nitrogens with one attached hydrogen (secondary N) is 1. The molecule has 7 heteroatoms. The lowest BCUT2D eigenvalue weighted by Gasteiger charge is -2.16. The zero-order chi connectivity index (χ0) is 18.4. The van der Waals surface area contributed by atoms with Crippen LogP contribution in [0, 0.1) is 11.6 Å². The van der Waals surface area contributed by atoms with Crippen LogP contribution in [0.1, 0.15) is 40.6 Å². The van der Waals surface area contributed by atoms with Gasteiger partial charge in [-0.3, -0.25) is 14.6 Å². The number of unbranched alkanes of at least 4 members (excludes halogenated alkanes) is 1. The molecule has 5 nitrogen and oxygen atoms in total. The van der Waals surface area contributed by atoms with E-state index in [2.05, 4.69) is 10.3 Å². The smallest absolute Gasteiger partial charge is 0.272 e. The molecule has 0 aliphatic heterocycles. The molecular formula is C18H19F2N3O2. The fourth-order valence-corrected chi connectivity index (χ4v) is 2.16. The monoisotopic (exact) mass is 347 g/mol. The van der Waals surface area contributed by atoms with Crippen molar-refractivity contribution in [2.45, 2.75) is 19.8 Å². The number of halogens is 2. The highest BCUT2D eigenvalue weighted by Gasteiger charge is 2.15. The Labute approximate surface area is 144 Å². The molecule has 2 amide bonds. The van der Waals surface area contributed by atoms with Gasteiger partial charge in [0.05, 0.1) is 0 Å². The number of anilines is 1. The summed E-state index contributed by atoms with van der Waals surface area (Å²) in [4.78, 5) is 30.1. The van der Waals surface area contributed by atoms with Gasteiger partial charge in [-0.15, -0.1) is 0 Å². The van der Waals surface area contributed by atoms with E-state index >= 15 is 0 Å². The Balaban J connectivity index is 2.13. The Morgan fingerprint density at radius 2 is 1.92 bits per heavy atom. The first-order chi connectivity index (χ1) is 11.9. The maximum Gasteiger partial charge on any atom is 0.272 e. The average molecular weight is 347 g/mol. The van der Waals surface area contributed by atoms with Crippen molar-refractivity contribution in [3.63, 3.8) is 0 Å². The second kappa shape index (κ2) is 8.32. The Hall–Kier alpha value is -2.83. The quantitative estimate of drug-likeness (QED) is 0.870. The number of pyridine rings is 1. The number of amides is 2. The topological polar surface area (TPSA) is 62.3 Å². The van der Waals surface area contributed by atoms with E-state index in [0.717, 1.165) is 25.0 Å². The maximum atomic E-state index is 13.2. The van der Waals surface area contributed by atoms with Gasteiger partial charge in [0.1, 0.15) is 5.69 Å². The molecule has 1 aromatic heterocycles. The first-order valence-corrected chi connectivity index (χ1v) is 7.90. The van der Waals surface area contributed by atoms with Crippen molar-refractivity contribution in [1.82, 2.24) is 9.88 Å². The third kappa shape index (κ3) is 4.82. The number of hydrogen-bond donors (Lipinski definition) is 1. The van der Waals surface area contributed by atoms with Crippen LogP contribution >= 0.6 is 0 Å². The predicted molar refractivity (Wildman–Crippen MR) is 90.4 cm³/mol. The van der Waals surface area contributed by atoms with E-state index in [9.17, 15) is 18.4 Å². The van der Waals surface area contributed by atoms with Gasteiger partial charge in [-0.2, -0.15) is 0 Å². The van der Waals surface area contributed by atoms with Gasteiger partial charge in [0.25, 0.3) is 11.8 Å². The molecule has 1 N–H and O–H groups in total. The number of aromatic nitrogens is 1. The minimum atomic E-state index is -1.05. The van der Waals surface area contributed by atoms with Crippen LogP contribution < -0.4 is 5.32 Å². The van der Waals surface area contributed by atoms with Crippen LogP contribution in [0.25, 0.3) is 0 Å². The number of nitrogens with zero attached hydrogens (tertiary/aromatic N) is 2. The summed E-state index contributed by atoms with van der Waals surface area (Å²) in [5, 5.41) is 2.46. The lowest BCUT2D eigenvalue weighted by Crippen LogP contribution is -2.28. The summed E-state index contributed by atoms with van der Waals surface area (Å²) in [5.41, 5.74) is 0.470. The van der Waals surface area contributed by atoms with Gasteiger partial charge in [-0.1, -0.05) is 13.3 Å². The Morgan fingerprint density at radius 3 is 2.60 bits per heavy atom. The van der Waals surface area contributed by atoms with E-state index in [4.69, 9.17) is 0 Å². The SMILES string of the molecule is CCCCN(C)C(=O)c1cc(C(=O)Nc2ccc(F)c(F)c2)ccn1. The van der Waals surface area contributed by atoms with Gasteiger partial charge in [0.2, 0.25) is 0 Å². The highest BCUT2D eigenvalue weighted by Crippen LogP contribution is 2.15. The molecule has 0 unspecified atom stereocenters. The van der Waals surface area contributed by atoms with E-state index in [-0.39, 0.29) is 22.9 Å². The molecule has 2 aromatic rings. The van der Waals surface area contributed by atoms with Crippen LogP contribution in [-0.4, -0.2) is 35.3 Å². The van der Waals surface area contributed by atoms with Crippen LogP contribution in [-0.2, 0) is 0 Å². The molecule has 0 aliphatic rings. The molecule has 132 valence electrons. The highest BCUT2D eigenvalue weighted by molar-refractivity contribution is 6.05. The Kier molecular flexibility index (Phi) is 6.16. The van der Waals surface area contributed by atoms with Crippen LogP contribution in [0.5, 0.6) is 0 Å². The molecule has 0 aliphatic carbocycles. The number of rotatable bonds is 6. The standard InChI is InChI=1S/C18H19F2N3O2/c1-3-4-9-23(2)18(25)16-10-12(7-8-21-16)17(24)22-13-5-6-14(19)15(20)11-13/h5-8,10-11H,3-4,9H2,1-2H3,(H,22,24). The zero-order valence-corrected chi connectivity index (χ0v) is 14.1. The minimum absolute atomic E-state index is 0.119. The molecule has 0 bridgehead atoms. The van der Waals surface area contributed by atoms with Crippen LogP contribution in [0.3, 0.4) is 0 Å². The first kappa shape index (κ1) is 18.5. The molecule has 25 heavy (non-hydrogen) atoms. The zero-order valence-electron chi connectivity index (χ0n) is 14.1. The molecule has 2 rings (SSSR count). The number of carbonyl (C=O) groups is 2. The summed E-state index contributed by atoms with van der Waals surface area (Å²) in [5.74, 6) is -2.87. The van der Waals surface area contributed by atoms with Crippen molar-refractivity contribution in [2.75, 3.05) is 18.9 Å². The molecule has 0 saturated carbocycles. The predicted octanol–water partition coefficient (Wildman–Crippen LogP) is 3.48. The van der Waals surface area contributed by atoms with Crippen molar-refractivity contribution < 1.29 is 18.4 Å². The molecule has 0 radical (unpaired) electrons. The molecule has 0 saturated heterocycles. The Morgan fingerprint density at radius 1 is 1.16 bits per heavy atom. The van der Waals surface area contributed by atoms with Crippen LogP contribution in [0.4, 0.5) is 14.5 Å². The van der Waals surface area contributed by atoms with Crippen LogP contribution in [0.15, 0.2) is 36.5 Å². The average Bonchev–Trinajstić information content (AvgIpc) is 2.62. The van der Waals surface area contributed by atoms with E-state index in [0.29, 0.717) is 6.54 Å². The number of hydrogen-bond acceptors (Lipinski definition) is 3. The lowest BCUT2D eigenvalue weighted by molar-refractivity contribution is 0.0787. The second-order valence-corrected chi connectivity index (χ2v) is 5.59. The summed E-state index contributed by atoms with van der Waals surface area (Å²) >= 11 is 0. The molecule has 0 spiro atoms.